The Hall–Kier alpha value is -1.32. The fourth-order valence-corrected chi connectivity index (χ4v) is 2.29. The molecule has 0 aliphatic rings. The number of rotatable bonds is 1. The van der Waals surface area contributed by atoms with Crippen LogP contribution in [0.4, 0.5) is 0 Å². The second kappa shape index (κ2) is 10.5. The van der Waals surface area contributed by atoms with Crippen LogP contribution in [0.3, 0.4) is 0 Å². The number of hydrogen-bond donors (Lipinski definition) is 0. The fourth-order valence-electron chi connectivity index (χ4n) is 2.29. The summed E-state index contributed by atoms with van der Waals surface area (Å²) in [5.74, 6) is 0. The predicted octanol–water partition coefficient (Wildman–Crippen LogP) is -1.23. The quantitative estimate of drug-likeness (QED) is 0.293. The minimum atomic E-state index is 0. The fraction of sp³-hybridized carbons (Fsp3) is 0.105. The zero-order valence-corrected chi connectivity index (χ0v) is 16.7. The van der Waals surface area contributed by atoms with Gasteiger partial charge in [-0.3, -0.25) is 4.68 Å². The van der Waals surface area contributed by atoms with Gasteiger partial charge in [0.1, 0.15) is 0 Å². The number of aromatic nitrogens is 2. The van der Waals surface area contributed by atoms with Crippen molar-refractivity contribution in [3.8, 4) is 5.69 Å². The third-order valence-corrected chi connectivity index (χ3v) is 3.69. The van der Waals surface area contributed by atoms with E-state index in [1.807, 2.05) is 16.9 Å². The molecule has 0 bridgehead atoms. The summed E-state index contributed by atoms with van der Waals surface area (Å²) in [6, 6.07) is 20.9. The molecule has 0 radical (unpaired) electrons. The number of benzene rings is 1. The molecule has 0 N–H and O–H groups in total. The van der Waals surface area contributed by atoms with Crippen LogP contribution in [0, 0.1) is 13.8 Å². The second-order valence-corrected chi connectivity index (χ2v) is 5.18. The summed E-state index contributed by atoms with van der Waals surface area (Å²) in [6.07, 6.45) is 3.74. The first-order valence-electron chi connectivity index (χ1n) is 7.08. The van der Waals surface area contributed by atoms with Crippen LogP contribution in [-0.4, -0.2) is 9.78 Å². The molecule has 0 spiro atoms. The second-order valence-electron chi connectivity index (χ2n) is 5.18. The maximum absolute atomic E-state index is 4.20. The van der Waals surface area contributed by atoms with Crippen LogP contribution in [-0.2, 0) is 21.7 Å². The van der Waals surface area contributed by atoms with Gasteiger partial charge < -0.3 is 24.8 Å². The predicted molar refractivity (Wildman–Crippen MR) is 88.2 cm³/mol. The van der Waals surface area contributed by atoms with Gasteiger partial charge in [0, 0.05) is 12.4 Å². The van der Waals surface area contributed by atoms with Crippen LogP contribution >= 0.6 is 0 Å². The summed E-state index contributed by atoms with van der Waals surface area (Å²) in [5.41, 5.74) is 3.90. The zero-order chi connectivity index (χ0) is 14.7. The van der Waals surface area contributed by atoms with E-state index < -0.39 is 0 Å². The van der Waals surface area contributed by atoms with Crippen molar-refractivity contribution in [1.29, 1.82) is 0 Å². The van der Waals surface area contributed by atoms with E-state index in [4.69, 9.17) is 0 Å². The third kappa shape index (κ3) is 5.36. The van der Waals surface area contributed by atoms with Crippen molar-refractivity contribution < 1.29 is 46.5 Å². The van der Waals surface area contributed by atoms with Crippen molar-refractivity contribution in [1.82, 2.24) is 9.78 Å². The van der Waals surface area contributed by atoms with Crippen molar-refractivity contribution in [3.63, 3.8) is 0 Å². The molecule has 0 unspecified atom stereocenters. The number of aryl methyl sites for hydroxylation is 2. The third-order valence-electron chi connectivity index (χ3n) is 3.69. The van der Waals surface area contributed by atoms with Crippen LogP contribution in [0.2, 0.25) is 0 Å². The molecule has 1 aromatic heterocycles. The van der Waals surface area contributed by atoms with Gasteiger partial charge in [0.25, 0.3) is 0 Å². The number of nitrogens with zero attached hydrogens (tertiary/aromatic N) is 2. The maximum atomic E-state index is 4.20. The molecule has 0 atom stereocenters. The maximum Gasteiger partial charge on any atom is 4.00 e. The summed E-state index contributed by atoms with van der Waals surface area (Å²) in [7, 11) is 0. The van der Waals surface area contributed by atoms with Crippen molar-refractivity contribution in [2.45, 2.75) is 13.8 Å². The van der Waals surface area contributed by atoms with Crippen molar-refractivity contribution in [2.75, 3.05) is 0 Å². The number of halogens is 2. The molecule has 2 nitrogen and oxygen atoms in total. The first-order chi connectivity index (χ1) is 10.2. The van der Waals surface area contributed by atoms with E-state index in [1.54, 1.807) is 6.20 Å². The van der Waals surface area contributed by atoms with Gasteiger partial charge in [-0.2, -0.15) is 22.3 Å². The molecule has 122 valence electrons. The number of hydrogen-bond acceptors (Lipinski definition) is 1. The Morgan fingerprint density at radius 3 is 2.29 bits per heavy atom. The van der Waals surface area contributed by atoms with E-state index in [9.17, 15) is 0 Å². The van der Waals surface area contributed by atoms with E-state index >= 15 is 0 Å². The minimum Gasteiger partial charge on any atom is -1.00 e. The van der Waals surface area contributed by atoms with Gasteiger partial charge in [0.05, 0.1) is 0 Å². The Morgan fingerprint density at radius 1 is 1.04 bits per heavy atom. The van der Waals surface area contributed by atoms with Gasteiger partial charge in [0.2, 0.25) is 0 Å². The monoisotopic (exact) mass is 392 g/mol. The van der Waals surface area contributed by atoms with Crippen molar-refractivity contribution >= 4 is 10.8 Å². The molecule has 0 saturated carbocycles. The van der Waals surface area contributed by atoms with Crippen molar-refractivity contribution in [2.24, 2.45) is 0 Å². The van der Waals surface area contributed by atoms with Gasteiger partial charge >= 0.3 is 21.7 Å². The normalized spacial score (nSPS) is 9.08. The molecule has 0 saturated heterocycles. The molecule has 0 fully saturated rings. The van der Waals surface area contributed by atoms with E-state index in [-0.39, 0.29) is 46.5 Å². The first-order valence-corrected chi connectivity index (χ1v) is 7.08. The molecule has 24 heavy (non-hydrogen) atoms. The van der Waals surface area contributed by atoms with Crippen LogP contribution in [0.5, 0.6) is 0 Å². The van der Waals surface area contributed by atoms with Gasteiger partial charge in [-0.05, 0) is 11.8 Å². The molecule has 0 aliphatic carbocycles. The standard InChI is InChI=1S/C12H9N2.C7H9.2ClH.Ti/c1-2-5-11-9-12(8-10(11)4-1)14-7-3-6-13-14;1-6-4-3-5-7(6)2;;;/h1-9H;3-5H,1-2H3;2*1H;/q2*-1;;;+4/p-2. The molecular formula is C19H18Cl2N2Ti. The number of fused-ring (bicyclic) bond motifs is 1. The van der Waals surface area contributed by atoms with E-state index in [0.29, 0.717) is 0 Å². The van der Waals surface area contributed by atoms with Crippen LogP contribution < -0.4 is 24.8 Å². The van der Waals surface area contributed by atoms with Gasteiger partial charge in [0.15, 0.2) is 0 Å². The van der Waals surface area contributed by atoms with Gasteiger partial charge in [-0.1, -0.05) is 19.9 Å². The summed E-state index contributed by atoms with van der Waals surface area (Å²) >= 11 is 0. The Bertz CT molecular complexity index is 782. The molecule has 5 heteroatoms. The largest absolute Gasteiger partial charge is 4.00 e. The summed E-state index contributed by atoms with van der Waals surface area (Å²) < 4.78 is 1.88. The Labute approximate surface area is 170 Å². The molecule has 0 amide bonds. The Balaban J connectivity index is 0.000000463. The molecule has 1 heterocycles. The SMILES string of the molecule is Cc1ccc[c-]1C.[Cl-].[Cl-].[Ti+4].c1ccc2[cH-]c(-n3cccn3)cc2c1. The van der Waals surface area contributed by atoms with E-state index in [0.717, 1.165) is 5.69 Å². The van der Waals surface area contributed by atoms with E-state index in [1.165, 1.54) is 21.9 Å². The summed E-state index contributed by atoms with van der Waals surface area (Å²) in [6.45, 7) is 4.24. The smallest absolute Gasteiger partial charge is 1.00 e. The molecule has 0 aliphatic heterocycles. The first kappa shape index (κ1) is 22.7. The average Bonchev–Trinajstić information content (AvgIpc) is 3.21. The van der Waals surface area contributed by atoms with Gasteiger partial charge in [-0.25, -0.2) is 12.1 Å². The summed E-state index contributed by atoms with van der Waals surface area (Å²) in [5, 5.41) is 6.72. The van der Waals surface area contributed by atoms with Gasteiger partial charge in [-0.15, -0.1) is 41.1 Å². The van der Waals surface area contributed by atoms with E-state index in [2.05, 4.69) is 73.5 Å². The Morgan fingerprint density at radius 2 is 1.79 bits per heavy atom. The molecule has 4 aromatic rings. The van der Waals surface area contributed by atoms with Crippen molar-refractivity contribution in [3.05, 3.63) is 84.2 Å². The summed E-state index contributed by atoms with van der Waals surface area (Å²) in [4.78, 5) is 0. The average molecular weight is 393 g/mol. The molecular weight excluding hydrogens is 375 g/mol. The van der Waals surface area contributed by atoms with Crippen LogP contribution in [0.25, 0.3) is 16.5 Å². The molecule has 4 rings (SSSR count). The minimum absolute atomic E-state index is 0. The zero-order valence-electron chi connectivity index (χ0n) is 13.6. The topological polar surface area (TPSA) is 17.8 Å². The Kier molecular flexibility index (Phi) is 9.95. The van der Waals surface area contributed by atoms with Crippen LogP contribution in [0.1, 0.15) is 11.1 Å². The molecule has 3 aromatic carbocycles. The van der Waals surface area contributed by atoms with Crippen LogP contribution in [0.15, 0.2) is 73.1 Å².